The fourth-order valence-corrected chi connectivity index (χ4v) is 4.07. The molecule has 0 aliphatic carbocycles. The average Bonchev–Trinajstić information content (AvgIpc) is 3.25. The fourth-order valence-electron chi connectivity index (χ4n) is 2.63. The molecule has 0 N–H and O–H groups in total. The molecule has 4 rings (SSSR count). The second-order valence-electron chi connectivity index (χ2n) is 5.43. The first-order chi connectivity index (χ1) is 11.8. The molecule has 0 unspecified atom stereocenters. The maximum absolute atomic E-state index is 5.89. The lowest BCUT2D eigenvalue weighted by atomic mass is 10.2. The van der Waals surface area contributed by atoms with Gasteiger partial charge < -0.3 is 4.74 Å². The van der Waals surface area contributed by atoms with Crippen LogP contribution >= 0.6 is 27.3 Å². The van der Waals surface area contributed by atoms with Crippen LogP contribution in [0.5, 0.6) is 0 Å². The lowest BCUT2D eigenvalue weighted by Crippen LogP contribution is -1.97. The number of imidazole rings is 1. The van der Waals surface area contributed by atoms with Crippen molar-refractivity contribution in [2.75, 3.05) is 0 Å². The summed E-state index contributed by atoms with van der Waals surface area (Å²) in [5.74, 6) is 0. The first-order valence-corrected chi connectivity index (χ1v) is 9.31. The fraction of sp³-hybridized carbons (Fsp3) is 0.105. The standard InChI is InChI=1S/C19H15BrN2OS/c20-18-17(16-9-5-11-24-16)21-19-15(8-4-10-22(18)19)13-23-12-14-6-2-1-3-7-14/h1-11H,12-13H2. The zero-order valence-corrected chi connectivity index (χ0v) is 15.3. The van der Waals surface area contributed by atoms with Crippen molar-refractivity contribution in [1.29, 1.82) is 0 Å². The molecule has 3 aromatic heterocycles. The summed E-state index contributed by atoms with van der Waals surface area (Å²) in [6.45, 7) is 1.13. The van der Waals surface area contributed by atoms with Crippen molar-refractivity contribution in [3.63, 3.8) is 0 Å². The molecule has 0 bridgehead atoms. The highest BCUT2D eigenvalue weighted by atomic mass is 79.9. The Balaban J connectivity index is 1.60. The normalized spacial score (nSPS) is 11.2. The van der Waals surface area contributed by atoms with E-state index in [9.17, 15) is 0 Å². The van der Waals surface area contributed by atoms with Gasteiger partial charge in [-0.05, 0) is 39.0 Å². The molecule has 120 valence electrons. The summed E-state index contributed by atoms with van der Waals surface area (Å²) in [6, 6.07) is 18.4. The highest BCUT2D eigenvalue weighted by Gasteiger charge is 2.14. The van der Waals surface area contributed by atoms with E-state index in [1.807, 2.05) is 36.5 Å². The number of fused-ring (bicyclic) bond motifs is 1. The number of rotatable bonds is 5. The molecule has 0 atom stereocenters. The van der Waals surface area contributed by atoms with Gasteiger partial charge in [-0.15, -0.1) is 11.3 Å². The second kappa shape index (κ2) is 6.89. The van der Waals surface area contributed by atoms with E-state index in [2.05, 4.69) is 50.0 Å². The van der Waals surface area contributed by atoms with Crippen molar-refractivity contribution < 1.29 is 4.74 Å². The third-order valence-corrected chi connectivity index (χ3v) is 5.43. The maximum Gasteiger partial charge on any atom is 0.143 e. The van der Waals surface area contributed by atoms with Crippen LogP contribution in [0.1, 0.15) is 11.1 Å². The van der Waals surface area contributed by atoms with E-state index in [1.54, 1.807) is 11.3 Å². The Morgan fingerprint density at radius 2 is 1.88 bits per heavy atom. The van der Waals surface area contributed by atoms with E-state index in [0.29, 0.717) is 13.2 Å². The first kappa shape index (κ1) is 15.6. The molecule has 0 fully saturated rings. The summed E-state index contributed by atoms with van der Waals surface area (Å²) < 4.78 is 8.93. The molecule has 5 heteroatoms. The van der Waals surface area contributed by atoms with Gasteiger partial charge in [0.05, 0.1) is 18.1 Å². The van der Waals surface area contributed by atoms with Crippen LogP contribution in [0.2, 0.25) is 0 Å². The van der Waals surface area contributed by atoms with Crippen LogP contribution in [0.3, 0.4) is 0 Å². The van der Waals surface area contributed by atoms with Gasteiger partial charge >= 0.3 is 0 Å². The molecular formula is C19H15BrN2OS. The van der Waals surface area contributed by atoms with Gasteiger partial charge in [-0.25, -0.2) is 4.98 Å². The molecule has 0 amide bonds. The molecule has 3 nitrogen and oxygen atoms in total. The van der Waals surface area contributed by atoms with E-state index in [-0.39, 0.29) is 0 Å². The van der Waals surface area contributed by atoms with Crippen molar-refractivity contribution in [3.8, 4) is 10.6 Å². The molecule has 0 saturated carbocycles. The summed E-state index contributed by atoms with van der Waals surface area (Å²) >= 11 is 5.37. The molecular weight excluding hydrogens is 384 g/mol. The maximum atomic E-state index is 5.89. The lowest BCUT2D eigenvalue weighted by molar-refractivity contribution is 0.107. The molecule has 0 aliphatic heterocycles. The summed E-state index contributed by atoms with van der Waals surface area (Å²) in [5, 5.41) is 2.07. The van der Waals surface area contributed by atoms with Crippen LogP contribution in [-0.4, -0.2) is 9.38 Å². The SMILES string of the molecule is Brc1c(-c2cccs2)nc2c(COCc3ccccc3)cccn12. The van der Waals surface area contributed by atoms with Gasteiger partial charge in [0, 0.05) is 11.8 Å². The van der Waals surface area contributed by atoms with Crippen LogP contribution in [0.15, 0.2) is 70.8 Å². The minimum Gasteiger partial charge on any atom is -0.372 e. The lowest BCUT2D eigenvalue weighted by Gasteiger charge is -2.06. The Labute approximate surface area is 152 Å². The predicted octanol–water partition coefficient (Wildman–Crippen LogP) is 5.54. The highest BCUT2D eigenvalue weighted by Crippen LogP contribution is 2.32. The zero-order valence-electron chi connectivity index (χ0n) is 12.9. The number of halogens is 1. The number of aromatic nitrogens is 2. The highest BCUT2D eigenvalue weighted by molar-refractivity contribution is 9.10. The minimum atomic E-state index is 0.534. The Morgan fingerprint density at radius 1 is 1.00 bits per heavy atom. The molecule has 4 aromatic rings. The second-order valence-corrected chi connectivity index (χ2v) is 7.13. The number of ether oxygens (including phenoxy) is 1. The number of thiophene rings is 1. The number of hydrogen-bond acceptors (Lipinski definition) is 3. The largest absolute Gasteiger partial charge is 0.372 e. The molecule has 0 spiro atoms. The van der Waals surface area contributed by atoms with Crippen LogP contribution in [-0.2, 0) is 18.0 Å². The van der Waals surface area contributed by atoms with Crippen LogP contribution in [0, 0.1) is 0 Å². The summed E-state index contributed by atoms with van der Waals surface area (Å²) in [5.41, 5.74) is 4.16. The molecule has 0 saturated heterocycles. The van der Waals surface area contributed by atoms with Gasteiger partial charge in [-0.1, -0.05) is 42.5 Å². The minimum absolute atomic E-state index is 0.534. The Morgan fingerprint density at radius 3 is 2.67 bits per heavy atom. The quantitative estimate of drug-likeness (QED) is 0.440. The van der Waals surface area contributed by atoms with Gasteiger partial charge in [0.15, 0.2) is 0 Å². The third-order valence-electron chi connectivity index (χ3n) is 3.80. The van der Waals surface area contributed by atoms with Gasteiger partial charge in [-0.2, -0.15) is 0 Å². The average molecular weight is 399 g/mol. The third kappa shape index (κ3) is 3.02. The summed E-state index contributed by atoms with van der Waals surface area (Å²) in [7, 11) is 0. The van der Waals surface area contributed by atoms with Gasteiger partial charge in [0.25, 0.3) is 0 Å². The van der Waals surface area contributed by atoms with Gasteiger partial charge in [0.1, 0.15) is 15.9 Å². The number of nitrogens with zero attached hydrogens (tertiary/aromatic N) is 2. The number of pyridine rings is 1. The van der Waals surface area contributed by atoms with E-state index >= 15 is 0 Å². The molecule has 0 radical (unpaired) electrons. The van der Waals surface area contributed by atoms with Crippen LogP contribution in [0.4, 0.5) is 0 Å². The zero-order chi connectivity index (χ0) is 16.4. The van der Waals surface area contributed by atoms with E-state index < -0.39 is 0 Å². The molecule has 24 heavy (non-hydrogen) atoms. The molecule has 0 aliphatic rings. The number of hydrogen-bond donors (Lipinski definition) is 0. The van der Waals surface area contributed by atoms with Gasteiger partial charge in [-0.3, -0.25) is 4.40 Å². The molecule has 3 heterocycles. The Hall–Kier alpha value is -1.95. The van der Waals surface area contributed by atoms with Crippen molar-refractivity contribution in [1.82, 2.24) is 9.38 Å². The molecule has 1 aromatic carbocycles. The van der Waals surface area contributed by atoms with Crippen molar-refractivity contribution in [2.24, 2.45) is 0 Å². The van der Waals surface area contributed by atoms with Crippen LogP contribution < -0.4 is 0 Å². The van der Waals surface area contributed by atoms with Gasteiger partial charge in [0.2, 0.25) is 0 Å². The van der Waals surface area contributed by atoms with Crippen LogP contribution in [0.25, 0.3) is 16.2 Å². The monoisotopic (exact) mass is 398 g/mol. The van der Waals surface area contributed by atoms with Crippen molar-refractivity contribution in [3.05, 3.63) is 81.9 Å². The smallest absolute Gasteiger partial charge is 0.143 e. The van der Waals surface area contributed by atoms with E-state index in [4.69, 9.17) is 9.72 Å². The Kier molecular flexibility index (Phi) is 4.47. The summed E-state index contributed by atoms with van der Waals surface area (Å²) in [6.07, 6.45) is 2.02. The van der Waals surface area contributed by atoms with E-state index in [0.717, 1.165) is 26.4 Å². The van der Waals surface area contributed by atoms with E-state index in [1.165, 1.54) is 5.56 Å². The first-order valence-electron chi connectivity index (χ1n) is 7.64. The topological polar surface area (TPSA) is 26.5 Å². The van der Waals surface area contributed by atoms with Crippen molar-refractivity contribution in [2.45, 2.75) is 13.2 Å². The predicted molar refractivity (Wildman–Crippen MR) is 101 cm³/mol. The number of benzene rings is 1. The summed E-state index contributed by atoms with van der Waals surface area (Å²) in [4.78, 5) is 5.98. The Bertz CT molecular complexity index is 948. The van der Waals surface area contributed by atoms with Crippen molar-refractivity contribution >= 4 is 32.9 Å².